The van der Waals surface area contributed by atoms with Crippen LogP contribution in [-0.4, -0.2) is 32.3 Å². The van der Waals surface area contributed by atoms with E-state index in [1.165, 1.54) is 45.0 Å². The largest absolute Gasteiger partial charge is 0.496 e. The van der Waals surface area contributed by atoms with Crippen LogP contribution in [0.3, 0.4) is 0 Å². The van der Waals surface area contributed by atoms with Gasteiger partial charge in [-0.2, -0.15) is 0 Å². The van der Waals surface area contributed by atoms with Gasteiger partial charge in [-0.1, -0.05) is 6.07 Å². The molecule has 0 aliphatic rings. The summed E-state index contributed by atoms with van der Waals surface area (Å²) < 4.78 is 26.4. The zero-order valence-electron chi connectivity index (χ0n) is 15.6. The molecule has 3 aromatic rings. The number of rotatable bonds is 8. The number of thiophene rings is 1. The summed E-state index contributed by atoms with van der Waals surface area (Å²) in [6, 6.07) is 7.22. The summed E-state index contributed by atoms with van der Waals surface area (Å²) in [5.74, 6) is 1.59. The number of ether oxygens (including phenoxy) is 4. The van der Waals surface area contributed by atoms with Gasteiger partial charge in [0.05, 0.1) is 26.2 Å². The minimum atomic E-state index is -0.516. The number of carbonyl (C=O) groups excluding carboxylic acids is 1. The van der Waals surface area contributed by atoms with Crippen molar-refractivity contribution in [2.75, 3.05) is 21.3 Å². The van der Waals surface area contributed by atoms with Gasteiger partial charge in [0.2, 0.25) is 5.89 Å². The van der Waals surface area contributed by atoms with Crippen molar-refractivity contribution in [3.63, 3.8) is 0 Å². The molecule has 0 fully saturated rings. The van der Waals surface area contributed by atoms with Crippen molar-refractivity contribution in [1.29, 1.82) is 0 Å². The first-order chi connectivity index (χ1) is 13.6. The topological polar surface area (TPSA) is 80.0 Å². The van der Waals surface area contributed by atoms with Gasteiger partial charge in [0.1, 0.15) is 24.3 Å². The highest BCUT2D eigenvalue weighted by Gasteiger charge is 2.11. The Kier molecular flexibility index (Phi) is 6.33. The molecule has 0 bridgehead atoms. The molecule has 0 radical (unpaired) electrons. The molecule has 0 saturated carbocycles. The quantitative estimate of drug-likeness (QED) is 0.414. The second-order valence-electron chi connectivity index (χ2n) is 5.51. The zero-order chi connectivity index (χ0) is 19.9. The summed E-state index contributed by atoms with van der Waals surface area (Å²) in [4.78, 5) is 17.3. The summed E-state index contributed by atoms with van der Waals surface area (Å²) in [5, 5.41) is 1.94. The van der Waals surface area contributed by atoms with Crippen LogP contribution in [0, 0.1) is 0 Å². The van der Waals surface area contributed by atoms with Crippen LogP contribution in [0.4, 0.5) is 0 Å². The first-order valence-corrected chi connectivity index (χ1v) is 9.15. The summed E-state index contributed by atoms with van der Waals surface area (Å²) in [5.41, 5.74) is 1.19. The average molecular weight is 401 g/mol. The molecular weight excluding hydrogens is 382 g/mol. The maximum Gasteiger partial charge on any atom is 0.331 e. The summed E-state index contributed by atoms with van der Waals surface area (Å²) in [7, 11) is 4.61. The van der Waals surface area contributed by atoms with Crippen molar-refractivity contribution in [2.24, 2.45) is 0 Å². The highest BCUT2D eigenvalue weighted by atomic mass is 32.1. The third-order valence-corrected chi connectivity index (χ3v) is 4.64. The van der Waals surface area contributed by atoms with Gasteiger partial charge in [-0.15, -0.1) is 11.3 Å². The van der Waals surface area contributed by atoms with Crippen molar-refractivity contribution in [3.05, 3.63) is 53.2 Å². The fraction of sp³-hybridized carbons (Fsp3) is 0.200. The Hall–Kier alpha value is -3.26. The molecule has 1 aromatic carbocycles. The molecule has 7 nitrogen and oxygen atoms in total. The predicted molar refractivity (Wildman–Crippen MR) is 105 cm³/mol. The monoisotopic (exact) mass is 401 g/mol. The van der Waals surface area contributed by atoms with Crippen molar-refractivity contribution in [3.8, 4) is 28.0 Å². The molecule has 3 rings (SSSR count). The van der Waals surface area contributed by atoms with Crippen LogP contribution in [0.15, 0.2) is 46.4 Å². The Morgan fingerprint density at radius 2 is 1.89 bits per heavy atom. The lowest BCUT2D eigenvalue weighted by Crippen LogP contribution is -2.01. The molecular formula is C20H19NO6S. The van der Waals surface area contributed by atoms with Crippen molar-refractivity contribution < 1.29 is 28.2 Å². The van der Waals surface area contributed by atoms with E-state index in [-0.39, 0.29) is 6.61 Å². The molecule has 0 aliphatic carbocycles. The van der Waals surface area contributed by atoms with Crippen molar-refractivity contribution in [1.82, 2.24) is 4.98 Å². The molecule has 0 aliphatic heterocycles. The van der Waals surface area contributed by atoms with Crippen LogP contribution in [-0.2, 0) is 16.1 Å². The van der Waals surface area contributed by atoms with E-state index >= 15 is 0 Å². The standard InChI is InChI=1S/C20H19NO6S/c1-23-15-10-17(25-3)16(24-2)9-13(15)6-7-19(22)26-11-14-12-27-20(21-14)18-5-4-8-28-18/h4-10,12H,11H2,1-3H3/b7-6+. The van der Waals surface area contributed by atoms with Gasteiger partial charge in [-0.3, -0.25) is 0 Å². The molecule has 0 unspecified atom stereocenters. The Balaban J connectivity index is 1.64. The van der Waals surface area contributed by atoms with Crippen LogP contribution in [0.1, 0.15) is 11.3 Å². The maximum absolute atomic E-state index is 12.0. The number of methoxy groups -OCH3 is 3. The predicted octanol–water partition coefficient (Wildman–Crippen LogP) is 4.19. The molecule has 2 heterocycles. The van der Waals surface area contributed by atoms with E-state index in [0.717, 1.165) is 4.88 Å². The third kappa shape index (κ3) is 4.52. The van der Waals surface area contributed by atoms with Crippen molar-refractivity contribution in [2.45, 2.75) is 6.61 Å². The summed E-state index contributed by atoms with van der Waals surface area (Å²) in [6.07, 6.45) is 4.37. The molecule has 2 aromatic heterocycles. The number of hydrogen-bond acceptors (Lipinski definition) is 8. The van der Waals surface area contributed by atoms with Gasteiger partial charge < -0.3 is 23.4 Å². The van der Waals surface area contributed by atoms with Gasteiger partial charge in [-0.25, -0.2) is 9.78 Å². The lowest BCUT2D eigenvalue weighted by Gasteiger charge is -2.12. The van der Waals surface area contributed by atoms with Gasteiger partial charge >= 0.3 is 5.97 Å². The number of oxazole rings is 1. The number of hydrogen-bond donors (Lipinski definition) is 0. The second-order valence-corrected chi connectivity index (χ2v) is 6.46. The lowest BCUT2D eigenvalue weighted by atomic mass is 10.1. The molecule has 0 spiro atoms. The zero-order valence-corrected chi connectivity index (χ0v) is 16.4. The van der Waals surface area contributed by atoms with Crippen LogP contribution in [0.25, 0.3) is 16.8 Å². The Labute approximate surface area is 166 Å². The first-order valence-electron chi connectivity index (χ1n) is 8.27. The average Bonchev–Trinajstić information content (AvgIpc) is 3.41. The highest BCUT2D eigenvalue weighted by molar-refractivity contribution is 7.13. The van der Waals surface area contributed by atoms with E-state index in [1.54, 1.807) is 18.2 Å². The van der Waals surface area contributed by atoms with E-state index < -0.39 is 5.97 Å². The van der Waals surface area contributed by atoms with Gasteiger partial charge in [0.15, 0.2) is 11.5 Å². The molecule has 0 saturated heterocycles. The number of esters is 1. The van der Waals surface area contributed by atoms with Gasteiger partial charge in [0.25, 0.3) is 0 Å². The maximum atomic E-state index is 12.0. The molecule has 0 N–H and O–H groups in total. The highest BCUT2D eigenvalue weighted by Crippen LogP contribution is 2.35. The Morgan fingerprint density at radius 3 is 2.57 bits per heavy atom. The SMILES string of the molecule is COc1cc(OC)c(OC)cc1/C=C/C(=O)OCc1coc(-c2cccs2)n1. The minimum Gasteiger partial charge on any atom is -0.496 e. The second kappa shape index (κ2) is 9.09. The van der Waals surface area contributed by atoms with Crippen LogP contribution in [0.2, 0.25) is 0 Å². The number of nitrogens with zero attached hydrogens (tertiary/aromatic N) is 1. The van der Waals surface area contributed by atoms with Gasteiger partial charge in [0, 0.05) is 17.7 Å². The minimum absolute atomic E-state index is 0.0150. The summed E-state index contributed by atoms with van der Waals surface area (Å²) in [6.45, 7) is 0.0150. The van der Waals surface area contributed by atoms with Crippen LogP contribution >= 0.6 is 11.3 Å². The van der Waals surface area contributed by atoms with Gasteiger partial charge in [-0.05, 0) is 23.6 Å². The fourth-order valence-electron chi connectivity index (χ4n) is 2.42. The number of aromatic nitrogens is 1. The molecule has 146 valence electrons. The first kappa shape index (κ1) is 19.5. The fourth-order valence-corrected chi connectivity index (χ4v) is 3.08. The Bertz CT molecular complexity index is 961. The third-order valence-electron chi connectivity index (χ3n) is 3.78. The number of carbonyl (C=O) groups is 1. The molecule has 28 heavy (non-hydrogen) atoms. The van der Waals surface area contributed by atoms with Crippen molar-refractivity contribution >= 4 is 23.4 Å². The normalized spacial score (nSPS) is 10.8. The van der Waals surface area contributed by atoms with Crippen LogP contribution < -0.4 is 14.2 Å². The molecule has 8 heteroatoms. The van der Waals surface area contributed by atoms with E-state index in [4.69, 9.17) is 23.4 Å². The number of benzene rings is 1. The van der Waals surface area contributed by atoms with E-state index in [0.29, 0.717) is 34.4 Å². The van der Waals surface area contributed by atoms with Crippen LogP contribution in [0.5, 0.6) is 17.2 Å². The summed E-state index contributed by atoms with van der Waals surface area (Å²) >= 11 is 1.52. The molecule has 0 amide bonds. The van der Waals surface area contributed by atoms with E-state index in [1.807, 2.05) is 17.5 Å². The van der Waals surface area contributed by atoms with E-state index in [9.17, 15) is 4.79 Å². The molecule has 0 atom stereocenters. The Morgan fingerprint density at radius 1 is 1.14 bits per heavy atom. The smallest absolute Gasteiger partial charge is 0.331 e. The lowest BCUT2D eigenvalue weighted by molar-refractivity contribution is -0.139. The van der Waals surface area contributed by atoms with E-state index in [2.05, 4.69) is 4.98 Å².